The van der Waals surface area contributed by atoms with Crippen molar-refractivity contribution in [1.82, 2.24) is 0 Å². The molecular weight excluding hydrogens is 687 g/mol. The van der Waals surface area contributed by atoms with E-state index in [0.29, 0.717) is 0 Å². The van der Waals surface area contributed by atoms with E-state index in [2.05, 4.69) is 169 Å². The quantitative estimate of drug-likeness (QED) is 0.178. The third-order valence-corrected chi connectivity index (χ3v) is 11.3. The molecule has 0 saturated heterocycles. The lowest BCUT2D eigenvalue weighted by molar-refractivity contribution is 0.668. The highest BCUT2D eigenvalue weighted by Crippen LogP contribution is 2.43. The van der Waals surface area contributed by atoms with Crippen molar-refractivity contribution in [3.05, 3.63) is 188 Å². The summed E-state index contributed by atoms with van der Waals surface area (Å²) in [4.78, 5) is 2.29. The molecule has 0 bridgehead atoms. The number of para-hydroxylation sites is 2. The molecule has 0 aliphatic rings. The summed E-state index contributed by atoms with van der Waals surface area (Å²) in [6.07, 6.45) is 0. The Morgan fingerprint density at radius 3 is 1.57 bits per heavy atom. The Labute approximate surface area is 321 Å². The van der Waals surface area contributed by atoms with E-state index in [4.69, 9.17) is 13.3 Å². The van der Waals surface area contributed by atoms with E-state index >= 15 is 0 Å². The van der Waals surface area contributed by atoms with Gasteiger partial charge in [0, 0.05) is 60.8 Å². The van der Waals surface area contributed by atoms with Gasteiger partial charge in [0.15, 0.2) is 0 Å². The number of fused-ring (bicyclic) bond motifs is 11. The Morgan fingerprint density at radius 1 is 0.304 bits per heavy atom. The Morgan fingerprint density at radius 2 is 0.839 bits per heavy atom. The molecule has 0 saturated carbocycles. The van der Waals surface area contributed by atoms with E-state index in [9.17, 15) is 0 Å². The first-order chi connectivity index (χ1) is 27.7. The van der Waals surface area contributed by atoms with Crippen LogP contribution in [0.15, 0.2) is 201 Å². The highest BCUT2D eigenvalue weighted by Gasteiger charge is 2.18. The molecule has 12 aromatic rings. The van der Waals surface area contributed by atoms with Crippen molar-refractivity contribution >= 4 is 93.7 Å². The van der Waals surface area contributed by atoms with Crippen molar-refractivity contribution < 1.29 is 13.3 Å². The Kier molecular flexibility index (Phi) is 6.60. The molecule has 0 radical (unpaired) electrons. The van der Waals surface area contributed by atoms with E-state index in [-0.39, 0.29) is 0 Å². The maximum absolute atomic E-state index is 6.52. The highest BCUT2D eigenvalue weighted by atomic mass is 16.3. The van der Waals surface area contributed by atoms with Gasteiger partial charge >= 0.3 is 0 Å². The lowest BCUT2D eigenvalue weighted by Crippen LogP contribution is -2.09. The van der Waals surface area contributed by atoms with E-state index in [1.165, 1.54) is 5.39 Å². The second-order valence-corrected chi connectivity index (χ2v) is 14.5. The minimum atomic E-state index is 0.854. The van der Waals surface area contributed by atoms with Gasteiger partial charge in [-0.15, -0.1) is 0 Å². The van der Waals surface area contributed by atoms with Crippen LogP contribution in [-0.2, 0) is 0 Å². The van der Waals surface area contributed by atoms with Crippen molar-refractivity contribution in [3.63, 3.8) is 0 Å². The number of nitrogens with zero attached hydrogens (tertiary/aromatic N) is 1. The molecule has 12 rings (SSSR count). The van der Waals surface area contributed by atoms with E-state index in [1.807, 2.05) is 24.3 Å². The van der Waals surface area contributed by atoms with E-state index < -0.39 is 0 Å². The fourth-order valence-electron chi connectivity index (χ4n) is 8.59. The van der Waals surface area contributed by atoms with Gasteiger partial charge in [0.1, 0.15) is 33.5 Å². The minimum absolute atomic E-state index is 0.854. The fraction of sp³-hybridized carbons (Fsp3) is 0. The monoisotopic (exact) mass is 717 g/mol. The van der Waals surface area contributed by atoms with E-state index in [1.54, 1.807) is 0 Å². The molecule has 56 heavy (non-hydrogen) atoms. The molecule has 0 fully saturated rings. The van der Waals surface area contributed by atoms with Gasteiger partial charge in [-0.3, -0.25) is 0 Å². The third-order valence-electron chi connectivity index (χ3n) is 11.3. The van der Waals surface area contributed by atoms with Crippen LogP contribution in [0.25, 0.3) is 98.8 Å². The molecule has 0 aliphatic carbocycles. The molecule has 0 spiro atoms. The van der Waals surface area contributed by atoms with Crippen LogP contribution in [0, 0.1) is 0 Å². The van der Waals surface area contributed by atoms with Crippen molar-refractivity contribution in [2.45, 2.75) is 0 Å². The molecule has 0 unspecified atom stereocenters. The largest absolute Gasteiger partial charge is 0.456 e. The topological polar surface area (TPSA) is 42.7 Å². The molecule has 3 aromatic heterocycles. The average molecular weight is 718 g/mol. The van der Waals surface area contributed by atoms with Gasteiger partial charge in [-0.25, -0.2) is 0 Å². The van der Waals surface area contributed by atoms with Gasteiger partial charge in [0.25, 0.3) is 0 Å². The van der Waals surface area contributed by atoms with Gasteiger partial charge in [0.05, 0.1) is 0 Å². The zero-order valence-electron chi connectivity index (χ0n) is 30.1. The van der Waals surface area contributed by atoms with Gasteiger partial charge < -0.3 is 18.2 Å². The van der Waals surface area contributed by atoms with Gasteiger partial charge in [0.2, 0.25) is 0 Å². The van der Waals surface area contributed by atoms with Crippen LogP contribution >= 0.6 is 0 Å². The van der Waals surface area contributed by atoms with Crippen LogP contribution in [0.2, 0.25) is 0 Å². The zero-order valence-corrected chi connectivity index (χ0v) is 30.1. The van der Waals surface area contributed by atoms with Gasteiger partial charge in [-0.1, -0.05) is 109 Å². The van der Waals surface area contributed by atoms with Crippen LogP contribution in [0.3, 0.4) is 0 Å². The highest BCUT2D eigenvalue weighted by molar-refractivity contribution is 6.19. The predicted octanol–water partition coefficient (Wildman–Crippen LogP) is 15.3. The SMILES string of the molecule is c1ccc2c(c1)ccc1c2oc2cccc(-c3ccc(N(c4ccc(-c5ccc6c(c5)oc5ccccc56)cc4)c4ccc5c(c4)oc4ccccc45)cc3)c21. The van der Waals surface area contributed by atoms with Crippen LogP contribution < -0.4 is 4.90 Å². The Balaban J connectivity index is 0.968. The van der Waals surface area contributed by atoms with Gasteiger partial charge in [-0.2, -0.15) is 0 Å². The van der Waals surface area contributed by atoms with Crippen molar-refractivity contribution in [3.8, 4) is 22.3 Å². The van der Waals surface area contributed by atoms with Crippen molar-refractivity contribution in [1.29, 1.82) is 0 Å². The summed E-state index contributed by atoms with van der Waals surface area (Å²) in [5, 5.41) is 9.03. The molecule has 0 atom stereocenters. The smallest absolute Gasteiger partial charge is 0.143 e. The van der Waals surface area contributed by atoms with Gasteiger partial charge in [-0.05, 0) is 100 Å². The maximum atomic E-state index is 6.52. The third kappa shape index (κ3) is 4.73. The first kappa shape index (κ1) is 30.9. The van der Waals surface area contributed by atoms with Crippen LogP contribution in [0.1, 0.15) is 0 Å². The number of anilines is 3. The lowest BCUT2D eigenvalue weighted by atomic mass is 9.98. The molecule has 9 aromatic carbocycles. The maximum Gasteiger partial charge on any atom is 0.143 e. The summed E-state index contributed by atoms with van der Waals surface area (Å²) < 4.78 is 19.1. The Hall–Kier alpha value is -7.56. The number of furan rings is 3. The molecular formula is C52H31NO3. The van der Waals surface area contributed by atoms with Crippen molar-refractivity contribution in [2.75, 3.05) is 4.90 Å². The summed E-state index contributed by atoms with van der Waals surface area (Å²) in [5.74, 6) is 0. The van der Waals surface area contributed by atoms with Crippen LogP contribution in [0.4, 0.5) is 17.1 Å². The summed E-state index contributed by atoms with van der Waals surface area (Å²) in [6.45, 7) is 0. The van der Waals surface area contributed by atoms with Crippen molar-refractivity contribution in [2.24, 2.45) is 0 Å². The van der Waals surface area contributed by atoms with E-state index in [0.717, 1.165) is 111 Å². The second kappa shape index (κ2) is 12.0. The summed E-state index contributed by atoms with van der Waals surface area (Å²) in [6, 6.07) is 66.1. The molecule has 4 nitrogen and oxygen atoms in total. The minimum Gasteiger partial charge on any atom is -0.456 e. The number of rotatable bonds is 5. The number of benzene rings is 9. The first-order valence-electron chi connectivity index (χ1n) is 18.9. The molecule has 0 amide bonds. The predicted molar refractivity (Wildman–Crippen MR) is 231 cm³/mol. The zero-order chi connectivity index (χ0) is 36.7. The lowest BCUT2D eigenvalue weighted by Gasteiger charge is -2.26. The Bertz CT molecular complexity index is 3470. The first-order valence-corrected chi connectivity index (χ1v) is 18.9. The average Bonchev–Trinajstić information content (AvgIpc) is 3.95. The summed E-state index contributed by atoms with van der Waals surface area (Å²) >= 11 is 0. The normalized spacial score (nSPS) is 11.9. The number of hydrogen-bond acceptors (Lipinski definition) is 4. The fourth-order valence-corrected chi connectivity index (χ4v) is 8.59. The second-order valence-electron chi connectivity index (χ2n) is 14.5. The standard InChI is InChI=1S/C52H31NO3/c1-2-9-40-33(8-1)20-28-45-51-39(12-7-15-48(51)56-52(40)45)34-18-24-37(25-19-34)53(38-26-29-44-42-11-4-6-14-47(42)55-50(44)31-38)36-22-16-32(17-23-36)35-21-27-43-41-10-3-5-13-46(41)54-49(43)30-35/h1-31H. The summed E-state index contributed by atoms with van der Waals surface area (Å²) in [7, 11) is 0. The molecule has 4 heteroatoms. The molecule has 262 valence electrons. The molecule has 3 heterocycles. The number of hydrogen-bond donors (Lipinski definition) is 0. The summed E-state index contributed by atoms with van der Waals surface area (Å²) in [5.41, 5.74) is 12.9. The molecule has 0 N–H and O–H groups in total. The van der Waals surface area contributed by atoms with Crippen LogP contribution in [-0.4, -0.2) is 0 Å². The molecule has 0 aliphatic heterocycles. The van der Waals surface area contributed by atoms with Crippen LogP contribution in [0.5, 0.6) is 0 Å².